The SMILES string of the molecule is CO[C@H]1/C=C/O[C@@]2(C)Oc3c(C)c(O)c4c(O)c(c5c(c4c3C2=O)NC2(CCN(CC(C)C)CC2)N=5)=NC(=O)/C(C)=C\C=C\[C@H](C)[C@H](O)[C@@H](C)[C@@H](O)[C@@H](C)[C@H](OC(=O)N2CCN(CC3COC3)CC2)[C@@H]1C. The summed E-state index contributed by atoms with van der Waals surface area (Å²) < 4.78 is 30.3. The van der Waals surface area contributed by atoms with E-state index in [0.717, 1.165) is 39.4 Å². The second-order valence-electron chi connectivity index (χ2n) is 21.4. The van der Waals surface area contributed by atoms with Crippen molar-refractivity contribution < 1.29 is 58.5 Å². The molecule has 7 heterocycles. The van der Waals surface area contributed by atoms with E-state index >= 15 is 0 Å². The van der Waals surface area contributed by atoms with Gasteiger partial charge in [-0.25, -0.2) is 9.79 Å². The van der Waals surface area contributed by atoms with E-state index in [2.05, 4.69) is 34.0 Å². The quantitative estimate of drug-likeness (QED) is 0.250. The van der Waals surface area contributed by atoms with Gasteiger partial charge in [-0.15, -0.1) is 0 Å². The van der Waals surface area contributed by atoms with Crippen LogP contribution in [0.1, 0.15) is 84.2 Å². The van der Waals surface area contributed by atoms with E-state index < -0.39 is 83.1 Å². The Labute approximate surface area is 416 Å². The van der Waals surface area contributed by atoms with Gasteiger partial charge in [0.1, 0.15) is 34.0 Å². The standard InChI is InChI=1S/C53H74N6O12/c1-28(2)24-57-17-15-53(16-18-57)55-40-37-38-45(62)34(8)48-39(37)49(64)52(9,71-48)69-23-14-36(67-10)31(5)47(70-51(66)59-21-19-58(20-22-59)25-35-26-68-27-35)33(7)44(61)32(6)43(60)29(3)12-11-13-30(4)50(65)54-42(46(38)63)41(40)56-53/h11-14,23,28-29,31-33,35-36,43-44,47,55,60-63H,15-22,24-27H2,1-10H3/b12-11+,23-14+,30-13-,54-42?/t29-,31+,32+,33+,36-,43-,44+,47+,52-/m0/s1. The number of aliphatic hydroxyl groups excluding tert-OH is 2. The summed E-state index contributed by atoms with van der Waals surface area (Å²) in [4.78, 5) is 59.0. The average molecular weight is 987 g/mol. The van der Waals surface area contributed by atoms with Gasteiger partial charge >= 0.3 is 11.9 Å². The lowest BCUT2D eigenvalue weighted by molar-refractivity contribution is -0.114. The van der Waals surface area contributed by atoms with Crippen LogP contribution in [0.3, 0.4) is 0 Å². The topological polar surface area (TPSA) is 225 Å². The lowest BCUT2D eigenvalue weighted by Crippen LogP contribution is -2.53. The Kier molecular flexibility index (Phi) is 15.3. The van der Waals surface area contributed by atoms with Crippen LogP contribution in [0.15, 0.2) is 46.1 Å². The first-order valence-electron chi connectivity index (χ1n) is 25.3. The number of hydrogen-bond donors (Lipinski definition) is 5. The molecule has 2 aromatic rings. The fourth-order valence-corrected chi connectivity index (χ4v) is 11.1. The van der Waals surface area contributed by atoms with Crippen LogP contribution in [0.2, 0.25) is 0 Å². The highest BCUT2D eigenvalue weighted by Crippen LogP contribution is 2.51. The number of anilines is 1. The van der Waals surface area contributed by atoms with Crippen molar-refractivity contribution in [2.75, 3.05) is 78.0 Å². The Morgan fingerprint density at radius 2 is 1.59 bits per heavy atom. The third-order valence-electron chi connectivity index (χ3n) is 15.7. The number of carbonyl (C=O) groups excluding carboxylic acids is 3. The summed E-state index contributed by atoms with van der Waals surface area (Å²) in [6, 6.07) is 0. The number of rotatable bonds is 6. The van der Waals surface area contributed by atoms with Crippen molar-refractivity contribution in [3.63, 3.8) is 0 Å². The molecular formula is C53H74N6O12. The molecular weight excluding hydrogens is 913 g/mol. The maximum Gasteiger partial charge on any atom is 0.410 e. The number of fused-ring (bicyclic) bond motifs is 13. The fourth-order valence-electron chi connectivity index (χ4n) is 11.1. The number of nitrogens with zero attached hydrogens (tertiary/aromatic N) is 5. The van der Waals surface area contributed by atoms with Crippen LogP contribution in [-0.4, -0.2) is 161 Å². The minimum Gasteiger partial charge on any atom is -0.507 e. The Balaban J connectivity index is 1.19. The van der Waals surface area contributed by atoms with Crippen LogP contribution in [0.25, 0.3) is 10.8 Å². The molecule has 71 heavy (non-hydrogen) atoms. The monoisotopic (exact) mass is 987 g/mol. The summed E-state index contributed by atoms with van der Waals surface area (Å²) >= 11 is 0. The number of amides is 2. The molecule has 0 radical (unpaired) electrons. The van der Waals surface area contributed by atoms with E-state index in [1.54, 1.807) is 63.8 Å². The zero-order valence-corrected chi connectivity index (χ0v) is 42.9. The van der Waals surface area contributed by atoms with E-state index in [0.29, 0.717) is 56.5 Å². The van der Waals surface area contributed by atoms with Crippen LogP contribution in [0, 0.1) is 42.4 Å². The summed E-state index contributed by atoms with van der Waals surface area (Å²) in [5.74, 6) is -5.68. The van der Waals surface area contributed by atoms with Gasteiger partial charge in [-0.2, -0.15) is 0 Å². The summed E-state index contributed by atoms with van der Waals surface area (Å²) in [5, 5.41) is 51.5. The largest absolute Gasteiger partial charge is 0.507 e. The van der Waals surface area contributed by atoms with Gasteiger partial charge in [-0.1, -0.05) is 59.8 Å². The molecule has 0 unspecified atom stereocenters. The number of methoxy groups -OCH3 is 1. The van der Waals surface area contributed by atoms with Crippen molar-refractivity contribution in [1.82, 2.24) is 14.7 Å². The summed E-state index contributed by atoms with van der Waals surface area (Å²) in [6.07, 6.45) is 4.49. The van der Waals surface area contributed by atoms with Gasteiger partial charge in [0.2, 0.25) is 0 Å². The first-order valence-corrected chi connectivity index (χ1v) is 25.3. The van der Waals surface area contributed by atoms with Crippen LogP contribution in [-0.2, 0) is 23.7 Å². The zero-order chi connectivity index (χ0) is 51.3. The van der Waals surface area contributed by atoms with E-state index in [1.807, 2.05) is 6.92 Å². The van der Waals surface area contributed by atoms with E-state index in [4.69, 9.17) is 28.7 Å². The normalized spacial score (nSPS) is 32.6. The van der Waals surface area contributed by atoms with Gasteiger partial charge in [-0.05, 0) is 25.8 Å². The lowest BCUT2D eigenvalue weighted by atomic mass is 9.78. The number of aromatic hydroxyl groups is 2. The first-order chi connectivity index (χ1) is 33.7. The Morgan fingerprint density at radius 3 is 2.23 bits per heavy atom. The van der Waals surface area contributed by atoms with Crippen molar-refractivity contribution in [2.24, 2.45) is 45.5 Å². The number of Topliss-reactive ketones (excluding diaryl/α,β-unsaturated/α-hetero) is 1. The minimum atomic E-state index is -1.97. The van der Waals surface area contributed by atoms with Crippen molar-refractivity contribution in [2.45, 2.75) is 111 Å². The summed E-state index contributed by atoms with van der Waals surface area (Å²) in [6.45, 7) is 23.2. The van der Waals surface area contributed by atoms with Crippen molar-refractivity contribution in [1.29, 1.82) is 0 Å². The molecule has 1 spiro atoms. The van der Waals surface area contributed by atoms with Crippen LogP contribution >= 0.6 is 0 Å². The number of phenols is 2. The molecule has 3 fully saturated rings. The minimum absolute atomic E-state index is 0.0538. The number of allylic oxidation sites excluding steroid dienone is 2. The number of nitrogens with one attached hydrogen (secondary N) is 1. The van der Waals surface area contributed by atoms with Crippen LogP contribution < -0.4 is 20.8 Å². The number of piperidine rings is 1. The third kappa shape index (κ3) is 10.2. The third-order valence-corrected chi connectivity index (χ3v) is 15.7. The molecule has 0 aliphatic carbocycles. The van der Waals surface area contributed by atoms with Gasteiger partial charge in [0.25, 0.3) is 11.7 Å². The van der Waals surface area contributed by atoms with Gasteiger partial charge in [0.05, 0.1) is 54.4 Å². The first kappa shape index (κ1) is 52.2. The molecule has 7 aliphatic heterocycles. The maximum absolute atomic E-state index is 15.0. The number of piperazine rings is 1. The van der Waals surface area contributed by atoms with E-state index in [9.17, 15) is 34.8 Å². The zero-order valence-electron chi connectivity index (χ0n) is 42.9. The number of hydrogen-bond acceptors (Lipinski definition) is 16. The Morgan fingerprint density at radius 1 is 0.901 bits per heavy atom. The van der Waals surface area contributed by atoms with E-state index in [1.165, 1.54) is 20.3 Å². The lowest BCUT2D eigenvalue weighted by Gasteiger charge is -2.41. The molecule has 2 aromatic carbocycles. The molecule has 9 rings (SSSR count). The van der Waals surface area contributed by atoms with Gasteiger partial charge in [0, 0.05) is 125 Å². The molecule has 2 amide bonds. The van der Waals surface area contributed by atoms with E-state index in [-0.39, 0.29) is 49.7 Å². The average Bonchev–Trinajstić information content (AvgIpc) is 3.83. The smallest absolute Gasteiger partial charge is 0.410 e. The summed E-state index contributed by atoms with van der Waals surface area (Å²) in [7, 11) is 1.50. The number of likely N-dealkylation sites (tertiary alicyclic amines) is 1. The molecule has 388 valence electrons. The number of phenolic OH excluding ortho intramolecular Hbond substituents is 2. The Hall–Kier alpha value is -5.11. The highest BCUT2D eigenvalue weighted by Gasteiger charge is 2.51. The second kappa shape index (κ2) is 20.8. The highest BCUT2D eigenvalue weighted by atomic mass is 16.7. The molecule has 3 saturated heterocycles. The molecule has 18 heteroatoms. The predicted octanol–water partition coefficient (Wildman–Crippen LogP) is 4.59. The van der Waals surface area contributed by atoms with Gasteiger partial charge in [0.15, 0.2) is 5.75 Å². The Bertz CT molecular complexity index is 2600. The number of benzene rings is 2. The number of ketones is 1. The molecule has 5 N–H and O–H groups in total. The van der Waals surface area contributed by atoms with Crippen molar-refractivity contribution in [3.05, 3.63) is 58.0 Å². The molecule has 9 atom stereocenters. The number of ether oxygens (including phenoxy) is 5. The fraction of sp³-hybridized carbons (Fsp3) is 0.642. The molecule has 5 bridgehead atoms. The van der Waals surface area contributed by atoms with Gasteiger partial charge < -0.3 is 59.2 Å². The van der Waals surface area contributed by atoms with Crippen molar-refractivity contribution >= 4 is 34.2 Å². The molecule has 0 saturated carbocycles. The van der Waals surface area contributed by atoms with Crippen LogP contribution in [0.5, 0.6) is 17.2 Å². The summed E-state index contributed by atoms with van der Waals surface area (Å²) in [5.41, 5.74) is -0.123. The van der Waals surface area contributed by atoms with Crippen molar-refractivity contribution in [3.8, 4) is 17.2 Å². The molecule has 7 aliphatic rings. The highest BCUT2D eigenvalue weighted by molar-refractivity contribution is 6.21. The predicted molar refractivity (Wildman–Crippen MR) is 265 cm³/mol. The maximum atomic E-state index is 15.0. The number of carbonyl (C=O) groups is 3. The van der Waals surface area contributed by atoms with Gasteiger partial charge in [-0.3, -0.25) is 19.5 Å². The second-order valence-corrected chi connectivity index (χ2v) is 21.4. The number of aliphatic hydroxyl groups is 2. The van der Waals surface area contributed by atoms with Crippen LogP contribution in [0.4, 0.5) is 10.5 Å². The molecule has 18 nitrogen and oxygen atoms in total. The molecule has 0 aromatic heterocycles.